The second-order valence-electron chi connectivity index (χ2n) is 2.34. The smallest absolute Gasteiger partial charge is 0.219 e. The molecule has 4 heteroatoms. The van der Waals surface area contributed by atoms with Crippen LogP contribution in [0.4, 0.5) is 0 Å². The van der Waals surface area contributed by atoms with Gasteiger partial charge in [0.25, 0.3) is 0 Å². The standard InChI is InChI=1S/C6H12N2O2/c1-2-10-8-4-5(8)3-6(7)9/h5H,2-4H2,1H3,(H2,7,9). The van der Waals surface area contributed by atoms with Crippen molar-refractivity contribution >= 4 is 5.91 Å². The maximum Gasteiger partial charge on any atom is 0.219 e. The number of carbonyl (C=O) groups excluding carboxylic acids is 1. The van der Waals surface area contributed by atoms with Gasteiger partial charge in [-0.3, -0.25) is 9.63 Å². The number of hydroxylamine groups is 2. The molecule has 2 unspecified atom stereocenters. The average molecular weight is 144 g/mol. The maximum atomic E-state index is 10.3. The van der Waals surface area contributed by atoms with Crippen molar-refractivity contribution in [2.24, 2.45) is 5.73 Å². The first kappa shape index (κ1) is 7.50. The molecule has 10 heavy (non-hydrogen) atoms. The van der Waals surface area contributed by atoms with E-state index in [1.54, 1.807) is 5.06 Å². The van der Waals surface area contributed by atoms with Gasteiger partial charge in [0.05, 0.1) is 12.6 Å². The summed E-state index contributed by atoms with van der Waals surface area (Å²) in [6.45, 7) is 3.42. The molecule has 2 atom stereocenters. The van der Waals surface area contributed by atoms with Crippen LogP contribution < -0.4 is 5.73 Å². The third-order valence-electron chi connectivity index (χ3n) is 1.40. The van der Waals surface area contributed by atoms with Gasteiger partial charge in [0.1, 0.15) is 0 Å². The van der Waals surface area contributed by atoms with Gasteiger partial charge in [-0.05, 0) is 6.92 Å². The molecule has 0 aromatic rings. The Labute approximate surface area is 59.9 Å². The van der Waals surface area contributed by atoms with Gasteiger partial charge in [0.2, 0.25) is 5.91 Å². The second-order valence-corrected chi connectivity index (χ2v) is 2.34. The zero-order valence-electron chi connectivity index (χ0n) is 6.04. The number of hydrogen-bond acceptors (Lipinski definition) is 3. The lowest BCUT2D eigenvalue weighted by Gasteiger charge is -1.98. The van der Waals surface area contributed by atoms with Crippen LogP contribution in [0.5, 0.6) is 0 Å². The summed E-state index contributed by atoms with van der Waals surface area (Å²) < 4.78 is 0. The third-order valence-corrected chi connectivity index (χ3v) is 1.40. The lowest BCUT2D eigenvalue weighted by atomic mass is 10.3. The number of primary amides is 1. The number of hydrogen-bond donors (Lipinski definition) is 1. The molecule has 58 valence electrons. The predicted molar refractivity (Wildman–Crippen MR) is 35.9 cm³/mol. The molecule has 1 amide bonds. The Kier molecular flexibility index (Phi) is 2.24. The van der Waals surface area contributed by atoms with Crippen molar-refractivity contribution in [2.45, 2.75) is 19.4 Å². The van der Waals surface area contributed by atoms with E-state index < -0.39 is 0 Å². The monoisotopic (exact) mass is 144 g/mol. The lowest BCUT2D eigenvalue weighted by Crippen LogP contribution is -2.15. The fourth-order valence-electron chi connectivity index (χ4n) is 0.883. The van der Waals surface area contributed by atoms with Crippen molar-refractivity contribution < 1.29 is 9.63 Å². The Morgan fingerprint density at radius 1 is 1.90 bits per heavy atom. The second kappa shape index (κ2) is 2.98. The normalized spacial score (nSPS) is 30.1. The molecule has 0 aromatic heterocycles. The minimum absolute atomic E-state index is 0.248. The van der Waals surface area contributed by atoms with Crippen molar-refractivity contribution in [1.82, 2.24) is 5.06 Å². The quantitative estimate of drug-likeness (QED) is 0.541. The molecule has 1 heterocycles. The summed E-state index contributed by atoms with van der Waals surface area (Å²) in [5.74, 6) is -0.257. The molecule has 0 aliphatic carbocycles. The highest BCUT2D eigenvalue weighted by atomic mass is 16.7. The van der Waals surface area contributed by atoms with Crippen LogP contribution in [0.15, 0.2) is 0 Å². The molecule has 1 aliphatic heterocycles. The minimum atomic E-state index is -0.257. The van der Waals surface area contributed by atoms with Gasteiger partial charge in [-0.25, -0.2) is 0 Å². The molecular formula is C6H12N2O2. The van der Waals surface area contributed by atoms with Crippen LogP contribution in [0.3, 0.4) is 0 Å². The fraction of sp³-hybridized carbons (Fsp3) is 0.833. The van der Waals surface area contributed by atoms with Crippen LogP contribution in [0.2, 0.25) is 0 Å². The maximum absolute atomic E-state index is 10.3. The van der Waals surface area contributed by atoms with Crippen molar-refractivity contribution in [3.63, 3.8) is 0 Å². The van der Waals surface area contributed by atoms with E-state index in [1.165, 1.54) is 0 Å². The molecule has 2 N–H and O–H groups in total. The first-order valence-corrected chi connectivity index (χ1v) is 3.42. The number of carbonyl (C=O) groups is 1. The SMILES string of the molecule is CCON1CC1CC(N)=O. The summed E-state index contributed by atoms with van der Waals surface area (Å²) in [7, 11) is 0. The summed E-state index contributed by atoms with van der Waals surface area (Å²) in [6.07, 6.45) is 0.417. The Bertz CT molecular complexity index is 138. The molecule has 0 bridgehead atoms. The van der Waals surface area contributed by atoms with Crippen LogP contribution in [0.1, 0.15) is 13.3 Å². The van der Waals surface area contributed by atoms with E-state index in [0.717, 1.165) is 6.54 Å². The summed E-state index contributed by atoms with van der Waals surface area (Å²) in [5, 5.41) is 1.77. The van der Waals surface area contributed by atoms with Gasteiger partial charge in [-0.1, -0.05) is 0 Å². The van der Waals surface area contributed by atoms with E-state index in [1.807, 2.05) is 6.92 Å². The van der Waals surface area contributed by atoms with Gasteiger partial charge in [-0.2, -0.15) is 5.06 Å². The Morgan fingerprint density at radius 3 is 3.10 bits per heavy atom. The Morgan fingerprint density at radius 2 is 2.60 bits per heavy atom. The van der Waals surface area contributed by atoms with Crippen LogP contribution in [0.25, 0.3) is 0 Å². The van der Waals surface area contributed by atoms with Crippen molar-refractivity contribution in [3.05, 3.63) is 0 Å². The zero-order valence-corrected chi connectivity index (χ0v) is 6.04. The molecular weight excluding hydrogens is 132 g/mol. The number of nitrogens with zero attached hydrogens (tertiary/aromatic N) is 1. The van der Waals surface area contributed by atoms with Crippen LogP contribution in [0, 0.1) is 0 Å². The molecule has 1 rings (SSSR count). The summed E-state index contributed by atoms with van der Waals surface area (Å²) in [5.41, 5.74) is 4.97. The van der Waals surface area contributed by atoms with Crippen molar-refractivity contribution in [3.8, 4) is 0 Å². The van der Waals surface area contributed by atoms with Gasteiger partial charge in [-0.15, -0.1) is 0 Å². The predicted octanol–water partition coefficient (Wildman–Crippen LogP) is -0.502. The van der Waals surface area contributed by atoms with E-state index in [9.17, 15) is 4.79 Å². The molecule has 0 radical (unpaired) electrons. The van der Waals surface area contributed by atoms with E-state index in [-0.39, 0.29) is 11.9 Å². The largest absolute Gasteiger partial charge is 0.370 e. The summed E-state index contributed by atoms with van der Waals surface area (Å²) in [4.78, 5) is 15.4. The van der Waals surface area contributed by atoms with Gasteiger partial charge in [0.15, 0.2) is 0 Å². The van der Waals surface area contributed by atoms with Crippen molar-refractivity contribution in [2.75, 3.05) is 13.2 Å². The van der Waals surface area contributed by atoms with Gasteiger partial charge < -0.3 is 5.73 Å². The third kappa shape index (κ3) is 1.97. The number of nitrogens with two attached hydrogens (primary N) is 1. The molecule has 1 saturated heterocycles. The molecule has 0 saturated carbocycles. The van der Waals surface area contributed by atoms with E-state index in [4.69, 9.17) is 10.6 Å². The average Bonchev–Trinajstić information content (AvgIpc) is 2.47. The van der Waals surface area contributed by atoms with E-state index >= 15 is 0 Å². The van der Waals surface area contributed by atoms with E-state index in [2.05, 4.69) is 0 Å². The summed E-state index contributed by atoms with van der Waals surface area (Å²) >= 11 is 0. The topological polar surface area (TPSA) is 55.3 Å². The molecule has 0 aromatic carbocycles. The van der Waals surface area contributed by atoms with Crippen molar-refractivity contribution in [1.29, 1.82) is 0 Å². The zero-order chi connectivity index (χ0) is 7.56. The van der Waals surface area contributed by atoms with Gasteiger partial charge in [0, 0.05) is 13.0 Å². The van der Waals surface area contributed by atoms with Crippen LogP contribution in [-0.4, -0.2) is 30.2 Å². The van der Waals surface area contributed by atoms with Gasteiger partial charge >= 0.3 is 0 Å². The highest BCUT2D eigenvalue weighted by molar-refractivity contribution is 5.74. The molecule has 1 fully saturated rings. The number of rotatable bonds is 4. The minimum Gasteiger partial charge on any atom is -0.370 e. The molecule has 0 spiro atoms. The Hall–Kier alpha value is -0.610. The highest BCUT2D eigenvalue weighted by Crippen LogP contribution is 2.19. The summed E-state index contributed by atoms with van der Waals surface area (Å²) in [6, 6.07) is 0.248. The first-order valence-electron chi connectivity index (χ1n) is 3.42. The lowest BCUT2D eigenvalue weighted by molar-refractivity contribution is -0.120. The number of amides is 1. The molecule has 4 nitrogen and oxygen atoms in total. The Balaban J connectivity index is 2.07. The first-order chi connectivity index (χ1) is 4.74. The van der Waals surface area contributed by atoms with Crippen LogP contribution >= 0.6 is 0 Å². The van der Waals surface area contributed by atoms with Crippen LogP contribution in [-0.2, 0) is 9.63 Å². The molecule has 1 aliphatic rings. The fourth-order valence-corrected chi connectivity index (χ4v) is 0.883. The highest BCUT2D eigenvalue weighted by Gasteiger charge is 2.36. The van der Waals surface area contributed by atoms with E-state index in [0.29, 0.717) is 13.0 Å².